The Morgan fingerprint density at radius 3 is 2.46 bits per heavy atom. The molecule has 4 nitrogen and oxygen atoms in total. The molecule has 1 aromatic rings. The smallest absolute Gasteiger partial charge is 0.248 e. The van der Waals surface area contributed by atoms with Gasteiger partial charge in [-0.3, -0.25) is 9.59 Å². The Morgan fingerprint density at radius 2 is 1.85 bits per heavy atom. The molecule has 3 rings (SSSR count). The lowest BCUT2D eigenvalue weighted by atomic mass is 9.82. The van der Waals surface area contributed by atoms with E-state index in [0.29, 0.717) is 6.54 Å². The van der Waals surface area contributed by atoms with Crippen LogP contribution in [0, 0.1) is 5.41 Å². The van der Waals surface area contributed by atoms with E-state index in [-0.39, 0.29) is 22.8 Å². The van der Waals surface area contributed by atoms with Crippen molar-refractivity contribution in [2.75, 3.05) is 6.54 Å². The van der Waals surface area contributed by atoms with Gasteiger partial charge in [0.1, 0.15) is 6.04 Å². The fourth-order valence-corrected chi connectivity index (χ4v) is 3.70. The molecule has 1 N–H and O–H groups in total. The Balaban J connectivity index is 1.98. The number of fused-ring (bicyclic) bond motifs is 1. The first-order valence-corrected chi connectivity index (χ1v) is 9.18. The molecule has 1 aliphatic carbocycles. The van der Waals surface area contributed by atoms with Gasteiger partial charge in [0, 0.05) is 18.2 Å². The predicted molar refractivity (Wildman–Crippen MR) is 103 cm³/mol. The molecule has 0 aromatic heterocycles. The highest BCUT2D eigenvalue weighted by molar-refractivity contribution is 5.96. The van der Waals surface area contributed by atoms with Gasteiger partial charge >= 0.3 is 0 Å². The first-order valence-electron chi connectivity index (χ1n) is 9.18. The van der Waals surface area contributed by atoms with Gasteiger partial charge in [0.25, 0.3) is 0 Å². The number of nitrogens with zero attached hydrogens (tertiary/aromatic N) is 1. The highest BCUT2D eigenvalue weighted by atomic mass is 16.2. The van der Waals surface area contributed by atoms with Gasteiger partial charge in [0.15, 0.2) is 0 Å². The molecule has 2 aliphatic rings. The third-order valence-corrected chi connectivity index (χ3v) is 5.00. The molecule has 0 radical (unpaired) electrons. The van der Waals surface area contributed by atoms with E-state index >= 15 is 0 Å². The largest absolute Gasteiger partial charge is 0.349 e. The van der Waals surface area contributed by atoms with E-state index in [2.05, 4.69) is 25.2 Å². The lowest BCUT2D eigenvalue weighted by Gasteiger charge is -2.37. The number of rotatable bonds is 3. The Labute approximate surface area is 156 Å². The van der Waals surface area contributed by atoms with Crippen molar-refractivity contribution in [2.24, 2.45) is 5.41 Å². The second kappa shape index (κ2) is 6.42. The third-order valence-electron chi connectivity index (χ3n) is 5.00. The molecule has 2 amide bonds. The van der Waals surface area contributed by atoms with Crippen LogP contribution < -0.4 is 5.32 Å². The summed E-state index contributed by atoms with van der Waals surface area (Å²) in [6, 6.07) is 8.91. The Kier molecular flexibility index (Phi) is 4.55. The summed E-state index contributed by atoms with van der Waals surface area (Å²) >= 11 is 0. The van der Waals surface area contributed by atoms with Gasteiger partial charge in [-0.25, -0.2) is 0 Å². The maximum Gasteiger partial charge on any atom is 0.248 e. The van der Waals surface area contributed by atoms with E-state index in [4.69, 9.17) is 0 Å². The monoisotopic (exact) mass is 352 g/mol. The minimum absolute atomic E-state index is 0.00695. The SMILES string of the molecule is CC(C)(C)NC(=O)C(c1ccccc1)N1CC2=CCC(C)(C)C2=CC1=O. The molecule has 0 saturated heterocycles. The fraction of sp³-hybridized carbons (Fsp3) is 0.455. The molecule has 1 aliphatic heterocycles. The van der Waals surface area contributed by atoms with Crippen LogP contribution in [0.5, 0.6) is 0 Å². The zero-order valence-electron chi connectivity index (χ0n) is 16.3. The second-order valence-corrected chi connectivity index (χ2v) is 8.89. The maximum absolute atomic E-state index is 13.1. The summed E-state index contributed by atoms with van der Waals surface area (Å²) in [5.74, 6) is -0.239. The summed E-state index contributed by atoms with van der Waals surface area (Å²) in [6.07, 6.45) is 4.86. The molecule has 26 heavy (non-hydrogen) atoms. The van der Waals surface area contributed by atoms with Crippen molar-refractivity contribution >= 4 is 11.8 Å². The van der Waals surface area contributed by atoms with Crippen LogP contribution >= 0.6 is 0 Å². The predicted octanol–water partition coefficient (Wildman–Crippen LogP) is 3.77. The molecule has 0 fully saturated rings. The van der Waals surface area contributed by atoms with Crippen LogP contribution in [0.3, 0.4) is 0 Å². The highest BCUT2D eigenvalue weighted by Gasteiger charge is 2.40. The van der Waals surface area contributed by atoms with Crippen molar-refractivity contribution in [1.82, 2.24) is 10.2 Å². The summed E-state index contributed by atoms with van der Waals surface area (Å²) in [6.45, 7) is 10.6. The molecule has 1 atom stereocenters. The number of amides is 2. The number of benzene rings is 1. The lowest BCUT2D eigenvalue weighted by Crippen LogP contribution is -2.50. The van der Waals surface area contributed by atoms with Gasteiger partial charge in [-0.1, -0.05) is 50.3 Å². The number of hydrogen-bond acceptors (Lipinski definition) is 2. The first-order chi connectivity index (χ1) is 12.1. The minimum atomic E-state index is -0.634. The number of allylic oxidation sites excluding steroid dienone is 1. The molecule has 1 unspecified atom stereocenters. The molecule has 0 saturated carbocycles. The van der Waals surface area contributed by atoms with E-state index < -0.39 is 6.04 Å². The minimum Gasteiger partial charge on any atom is -0.349 e. The van der Waals surface area contributed by atoms with Gasteiger partial charge in [-0.2, -0.15) is 0 Å². The molecule has 4 heteroatoms. The van der Waals surface area contributed by atoms with E-state index in [1.807, 2.05) is 51.1 Å². The second-order valence-electron chi connectivity index (χ2n) is 8.89. The van der Waals surface area contributed by atoms with Gasteiger partial charge in [-0.15, -0.1) is 0 Å². The molecule has 1 aromatic carbocycles. The van der Waals surface area contributed by atoms with Crippen LogP contribution in [0.15, 0.2) is 53.6 Å². The Morgan fingerprint density at radius 1 is 1.19 bits per heavy atom. The van der Waals surface area contributed by atoms with E-state index in [9.17, 15) is 9.59 Å². The van der Waals surface area contributed by atoms with E-state index in [0.717, 1.165) is 17.6 Å². The van der Waals surface area contributed by atoms with Crippen molar-refractivity contribution in [1.29, 1.82) is 0 Å². The summed E-state index contributed by atoms with van der Waals surface area (Å²) in [5.41, 5.74) is 2.74. The van der Waals surface area contributed by atoms with Crippen molar-refractivity contribution in [3.8, 4) is 0 Å². The first kappa shape index (κ1) is 18.4. The maximum atomic E-state index is 13.1. The van der Waals surface area contributed by atoms with E-state index in [1.165, 1.54) is 5.57 Å². The highest BCUT2D eigenvalue weighted by Crippen LogP contribution is 2.44. The normalized spacial score (nSPS) is 20.2. The molecular weight excluding hydrogens is 324 g/mol. The fourth-order valence-electron chi connectivity index (χ4n) is 3.70. The Hall–Kier alpha value is -2.36. The molecule has 0 spiro atoms. The van der Waals surface area contributed by atoms with Crippen LogP contribution in [-0.2, 0) is 9.59 Å². The molecule has 0 bridgehead atoms. The van der Waals surface area contributed by atoms with Crippen LogP contribution in [0.4, 0.5) is 0 Å². The van der Waals surface area contributed by atoms with Crippen molar-refractivity contribution in [3.63, 3.8) is 0 Å². The topological polar surface area (TPSA) is 49.4 Å². The standard InChI is InChI=1S/C22H28N2O2/c1-21(2,3)23-20(26)19(15-9-7-6-8-10-15)24-14-16-11-12-22(4,5)17(16)13-18(24)25/h6-11,13,19H,12,14H2,1-5H3,(H,23,26). The average molecular weight is 352 g/mol. The van der Waals surface area contributed by atoms with Gasteiger partial charge in [-0.05, 0) is 49.3 Å². The average Bonchev–Trinajstić information content (AvgIpc) is 2.82. The summed E-state index contributed by atoms with van der Waals surface area (Å²) < 4.78 is 0. The van der Waals surface area contributed by atoms with Crippen LogP contribution in [-0.4, -0.2) is 28.8 Å². The number of carbonyl (C=O) groups is 2. The van der Waals surface area contributed by atoms with Crippen LogP contribution in [0.2, 0.25) is 0 Å². The van der Waals surface area contributed by atoms with Crippen molar-refractivity contribution in [3.05, 3.63) is 59.2 Å². The van der Waals surface area contributed by atoms with Gasteiger partial charge in [0.2, 0.25) is 11.8 Å². The number of nitrogens with one attached hydrogen (secondary N) is 1. The van der Waals surface area contributed by atoms with Gasteiger partial charge < -0.3 is 10.2 Å². The van der Waals surface area contributed by atoms with Crippen LogP contribution in [0.25, 0.3) is 0 Å². The lowest BCUT2D eigenvalue weighted by molar-refractivity contribution is -0.138. The summed E-state index contributed by atoms with van der Waals surface area (Å²) in [4.78, 5) is 27.7. The van der Waals surface area contributed by atoms with Gasteiger partial charge in [0.05, 0.1) is 0 Å². The summed E-state index contributed by atoms with van der Waals surface area (Å²) in [5, 5.41) is 3.04. The zero-order chi connectivity index (χ0) is 19.1. The molecule has 138 valence electrons. The Bertz CT molecular complexity index is 782. The molecular formula is C22H28N2O2. The van der Waals surface area contributed by atoms with Crippen LogP contribution in [0.1, 0.15) is 52.6 Å². The molecule has 1 heterocycles. The van der Waals surface area contributed by atoms with E-state index in [1.54, 1.807) is 11.0 Å². The number of hydrogen-bond donors (Lipinski definition) is 1. The number of carbonyl (C=O) groups excluding carboxylic acids is 2. The third kappa shape index (κ3) is 3.59. The zero-order valence-corrected chi connectivity index (χ0v) is 16.3. The van der Waals surface area contributed by atoms with Crippen molar-refractivity contribution in [2.45, 2.75) is 52.6 Å². The quantitative estimate of drug-likeness (QED) is 0.900. The van der Waals surface area contributed by atoms with Crippen molar-refractivity contribution < 1.29 is 9.59 Å². The summed E-state index contributed by atoms with van der Waals surface area (Å²) in [7, 11) is 0.